The number of nitro groups is 1. The average Bonchev–Trinajstić information content (AvgIpc) is 2.16. The van der Waals surface area contributed by atoms with Crippen molar-refractivity contribution in [2.45, 2.75) is 13.3 Å². The molecular weight excluding hydrogens is 172 g/mol. The second-order valence-electron chi connectivity index (χ2n) is 2.51. The largest absolute Gasteiger partial charge is 0.271 e. The normalized spacial score (nSPS) is 9.62. The summed E-state index contributed by atoms with van der Waals surface area (Å²) in [5.41, 5.74) is 0.768. The van der Waals surface area contributed by atoms with Crippen LogP contribution < -0.4 is 0 Å². The van der Waals surface area contributed by atoms with E-state index in [9.17, 15) is 15.0 Å². The lowest BCUT2D eigenvalue weighted by atomic mass is 10.1. The second-order valence-corrected chi connectivity index (χ2v) is 2.51. The predicted octanol–water partition coefficient (Wildman–Crippen LogP) is 2.56. The molecule has 0 heterocycles. The van der Waals surface area contributed by atoms with Crippen molar-refractivity contribution in [2.75, 3.05) is 0 Å². The van der Waals surface area contributed by atoms with Crippen LogP contribution in [0.3, 0.4) is 0 Å². The molecule has 0 radical (unpaired) electrons. The van der Waals surface area contributed by atoms with Crippen molar-refractivity contribution < 1.29 is 4.92 Å². The summed E-state index contributed by atoms with van der Waals surface area (Å²) < 4.78 is 0. The van der Waals surface area contributed by atoms with Crippen LogP contribution in [-0.4, -0.2) is 4.92 Å². The van der Waals surface area contributed by atoms with Crippen LogP contribution in [0.15, 0.2) is 23.4 Å². The average molecular weight is 180 g/mol. The minimum absolute atomic E-state index is 0.105. The summed E-state index contributed by atoms with van der Waals surface area (Å²) in [7, 11) is 0. The molecule has 0 bridgehead atoms. The van der Waals surface area contributed by atoms with Gasteiger partial charge in [0.1, 0.15) is 5.69 Å². The van der Waals surface area contributed by atoms with Crippen LogP contribution in [-0.2, 0) is 6.42 Å². The fourth-order valence-electron chi connectivity index (χ4n) is 1.05. The molecule has 13 heavy (non-hydrogen) atoms. The maximum atomic E-state index is 10.3. The van der Waals surface area contributed by atoms with Crippen LogP contribution >= 0.6 is 0 Å². The Bertz CT molecular complexity index is 349. The van der Waals surface area contributed by atoms with E-state index >= 15 is 0 Å². The topological polar surface area (TPSA) is 72.6 Å². The zero-order chi connectivity index (χ0) is 9.84. The van der Waals surface area contributed by atoms with E-state index in [0.29, 0.717) is 6.42 Å². The minimum atomic E-state index is -0.547. The fraction of sp³-hybridized carbons (Fsp3) is 0.250. The van der Waals surface area contributed by atoms with Gasteiger partial charge in [-0.2, -0.15) is 0 Å². The highest BCUT2D eigenvalue weighted by atomic mass is 16.6. The van der Waals surface area contributed by atoms with Gasteiger partial charge in [0.25, 0.3) is 5.69 Å². The molecule has 0 spiro atoms. The second kappa shape index (κ2) is 3.75. The first-order valence-corrected chi connectivity index (χ1v) is 3.79. The Labute approximate surface area is 74.5 Å². The lowest BCUT2D eigenvalue weighted by Gasteiger charge is -1.98. The number of nitroso groups, excluding NO2 is 1. The van der Waals surface area contributed by atoms with Gasteiger partial charge in [-0.05, 0) is 23.2 Å². The maximum absolute atomic E-state index is 10.3. The third kappa shape index (κ3) is 1.87. The highest BCUT2D eigenvalue weighted by molar-refractivity contribution is 5.53. The molecule has 0 unspecified atom stereocenters. The molecule has 0 amide bonds. The van der Waals surface area contributed by atoms with E-state index in [1.54, 1.807) is 6.07 Å². The molecule has 0 saturated carbocycles. The van der Waals surface area contributed by atoms with Gasteiger partial charge in [0, 0.05) is 12.1 Å². The van der Waals surface area contributed by atoms with Crippen molar-refractivity contribution in [3.8, 4) is 0 Å². The molecule has 5 nitrogen and oxygen atoms in total. The summed E-state index contributed by atoms with van der Waals surface area (Å²) in [6.07, 6.45) is 0.638. The van der Waals surface area contributed by atoms with Crippen molar-refractivity contribution in [3.63, 3.8) is 0 Å². The number of hydrogen-bond acceptors (Lipinski definition) is 4. The van der Waals surface area contributed by atoms with Gasteiger partial charge >= 0.3 is 0 Å². The van der Waals surface area contributed by atoms with Crippen molar-refractivity contribution in [1.29, 1.82) is 0 Å². The summed E-state index contributed by atoms with van der Waals surface area (Å²) in [6, 6.07) is 4.11. The lowest BCUT2D eigenvalue weighted by molar-refractivity contribution is -0.384. The molecule has 0 aliphatic rings. The Morgan fingerprint density at radius 2 is 2.23 bits per heavy atom. The van der Waals surface area contributed by atoms with Crippen LogP contribution in [0, 0.1) is 15.0 Å². The van der Waals surface area contributed by atoms with E-state index < -0.39 is 4.92 Å². The van der Waals surface area contributed by atoms with E-state index in [0.717, 1.165) is 5.56 Å². The molecule has 5 heteroatoms. The molecule has 0 aliphatic carbocycles. The molecule has 0 aliphatic heterocycles. The van der Waals surface area contributed by atoms with Crippen LogP contribution in [0.4, 0.5) is 11.4 Å². The Kier molecular flexibility index (Phi) is 2.69. The van der Waals surface area contributed by atoms with Crippen molar-refractivity contribution in [2.24, 2.45) is 5.18 Å². The standard InChI is InChI=1S/C8H8N2O3/c1-2-6-3-4-7(10(12)13)5-8(6)9-11/h3-5H,2H2,1H3. The molecule has 0 atom stereocenters. The number of hydrogen-bond donors (Lipinski definition) is 0. The maximum Gasteiger partial charge on any atom is 0.271 e. The smallest absolute Gasteiger partial charge is 0.258 e. The first kappa shape index (κ1) is 9.31. The van der Waals surface area contributed by atoms with E-state index in [-0.39, 0.29) is 11.4 Å². The van der Waals surface area contributed by atoms with Crippen LogP contribution in [0.1, 0.15) is 12.5 Å². The molecule has 1 aromatic rings. The molecule has 1 aromatic carbocycles. The highest BCUT2D eigenvalue weighted by Gasteiger charge is 2.09. The third-order valence-electron chi connectivity index (χ3n) is 1.76. The zero-order valence-electron chi connectivity index (χ0n) is 7.06. The lowest BCUT2D eigenvalue weighted by Crippen LogP contribution is -1.89. The van der Waals surface area contributed by atoms with Gasteiger partial charge in [-0.15, -0.1) is 4.91 Å². The molecular formula is C8H8N2O3. The summed E-state index contributed by atoms with van der Waals surface area (Å²) in [5.74, 6) is 0. The zero-order valence-corrected chi connectivity index (χ0v) is 7.06. The molecule has 0 N–H and O–H groups in total. The highest BCUT2D eigenvalue weighted by Crippen LogP contribution is 2.24. The quantitative estimate of drug-likeness (QED) is 0.407. The van der Waals surface area contributed by atoms with Crippen LogP contribution in [0.25, 0.3) is 0 Å². The summed E-state index contributed by atoms with van der Waals surface area (Å²) in [4.78, 5) is 20.1. The predicted molar refractivity (Wildman–Crippen MR) is 47.9 cm³/mol. The Balaban J connectivity index is 3.20. The van der Waals surface area contributed by atoms with Crippen molar-refractivity contribution in [3.05, 3.63) is 38.8 Å². The molecule has 0 aromatic heterocycles. The van der Waals surface area contributed by atoms with Gasteiger partial charge in [0.05, 0.1) is 4.92 Å². The SMILES string of the molecule is CCc1ccc([N+](=O)[O-])cc1N=O. The third-order valence-corrected chi connectivity index (χ3v) is 1.76. The molecule has 1 rings (SSSR count). The number of benzene rings is 1. The van der Waals surface area contributed by atoms with Crippen LogP contribution in [0.2, 0.25) is 0 Å². The Morgan fingerprint density at radius 1 is 1.54 bits per heavy atom. The number of rotatable bonds is 3. The summed E-state index contributed by atoms with van der Waals surface area (Å²) in [5, 5.41) is 13.1. The Morgan fingerprint density at radius 3 is 2.69 bits per heavy atom. The van der Waals surface area contributed by atoms with E-state index in [1.807, 2.05) is 6.92 Å². The summed E-state index contributed by atoms with van der Waals surface area (Å²) in [6.45, 7) is 1.86. The van der Waals surface area contributed by atoms with Gasteiger partial charge in [-0.25, -0.2) is 0 Å². The number of non-ortho nitro benzene ring substituents is 1. The first-order valence-electron chi connectivity index (χ1n) is 3.79. The Hall–Kier alpha value is -1.78. The number of aryl methyl sites for hydroxylation is 1. The summed E-state index contributed by atoms with van der Waals surface area (Å²) >= 11 is 0. The molecule has 68 valence electrons. The fourth-order valence-corrected chi connectivity index (χ4v) is 1.05. The van der Waals surface area contributed by atoms with Crippen molar-refractivity contribution in [1.82, 2.24) is 0 Å². The van der Waals surface area contributed by atoms with Gasteiger partial charge < -0.3 is 0 Å². The first-order chi connectivity index (χ1) is 6.19. The van der Waals surface area contributed by atoms with Crippen LogP contribution in [0.5, 0.6) is 0 Å². The van der Waals surface area contributed by atoms with Crippen molar-refractivity contribution >= 4 is 11.4 Å². The molecule has 0 saturated heterocycles. The van der Waals surface area contributed by atoms with Gasteiger partial charge in [0.2, 0.25) is 0 Å². The van der Waals surface area contributed by atoms with Gasteiger partial charge in [-0.3, -0.25) is 10.1 Å². The monoisotopic (exact) mass is 180 g/mol. The minimum Gasteiger partial charge on any atom is -0.258 e. The van der Waals surface area contributed by atoms with E-state index in [1.165, 1.54) is 12.1 Å². The van der Waals surface area contributed by atoms with Gasteiger partial charge in [-0.1, -0.05) is 6.92 Å². The van der Waals surface area contributed by atoms with E-state index in [4.69, 9.17) is 0 Å². The van der Waals surface area contributed by atoms with E-state index in [2.05, 4.69) is 5.18 Å². The van der Waals surface area contributed by atoms with Gasteiger partial charge in [0.15, 0.2) is 0 Å². The number of nitro benzene ring substituents is 1. The number of nitrogens with zero attached hydrogens (tertiary/aromatic N) is 2. The molecule has 0 fully saturated rings.